The van der Waals surface area contributed by atoms with E-state index in [1.807, 2.05) is 13.8 Å². The maximum atomic E-state index is 13.2. The molecule has 0 radical (unpaired) electrons. The maximum absolute atomic E-state index is 13.2. The Bertz CT molecular complexity index is 425. The van der Waals surface area contributed by atoms with Crippen LogP contribution in [-0.2, 0) is 16.0 Å². The minimum atomic E-state index is -1.26. The van der Waals surface area contributed by atoms with Crippen molar-refractivity contribution in [2.75, 3.05) is 7.11 Å². The maximum Gasteiger partial charge on any atom is 0.307 e. The molecule has 3 nitrogen and oxygen atoms in total. The minimum Gasteiger partial charge on any atom is -0.469 e. The zero-order chi connectivity index (χ0) is 15.0. The lowest BCUT2D eigenvalue weighted by molar-refractivity contribution is -0.140. The summed E-state index contributed by atoms with van der Waals surface area (Å²) in [5, 5.41) is 0. The number of esters is 1. The third-order valence-electron chi connectivity index (χ3n) is 2.23. The molecule has 6 heteroatoms. The second-order valence-corrected chi connectivity index (χ2v) is 3.60. The fraction of sp³-hybridized carbons (Fsp3) is 0.462. The third kappa shape index (κ3) is 5.74. The molecule has 0 bridgehead atoms. The van der Waals surface area contributed by atoms with E-state index >= 15 is 0 Å². The molecule has 108 valence electrons. The first-order valence-electron chi connectivity index (χ1n) is 5.90. The van der Waals surface area contributed by atoms with Crippen LogP contribution >= 0.6 is 0 Å². The summed E-state index contributed by atoms with van der Waals surface area (Å²) in [4.78, 5) is 10.9. The van der Waals surface area contributed by atoms with Gasteiger partial charge in [-0.2, -0.15) is 0 Å². The van der Waals surface area contributed by atoms with Crippen molar-refractivity contribution in [3.05, 3.63) is 35.1 Å². The van der Waals surface area contributed by atoms with Gasteiger partial charge >= 0.3 is 5.97 Å². The molecule has 2 N–H and O–H groups in total. The molecular weight excluding hydrogens is 259 g/mol. The summed E-state index contributed by atoms with van der Waals surface area (Å²) in [6.07, 6.45) is -0.187. The molecule has 0 aliphatic rings. The van der Waals surface area contributed by atoms with E-state index in [9.17, 15) is 18.0 Å². The number of ether oxygens (including phenoxy) is 1. The SMILES string of the molecule is CC.COC(=O)CC(N)Cc1cc(F)c(F)cc1F. The van der Waals surface area contributed by atoms with Gasteiger partial charge < -0.3 is 10.5 Å². The topological polar surface area (TPSA) is 52.3 Å². The highest BCUT2D eigenvalue weighted by Gasteiger charge is 2.15. The summed E-state index contributed by atoms with van der Waals surface area (Å²) in [7, 11) is 1.20. The van der Waals surface area contributed by atoms with Gasteiger partial charge in [0.15, 0.2) is 11.6 Å². The standard InChI is InChI=1S/C11H12F3NO2.C2H6/c1-17-11(16)4-7(15)2-6-3-9(13)10(14)5-8(6)12;1-2/h3,5,7H,2,4,15H2,1H3;1-2H3. The summed E-state index contributed by atoms with van der Waals surface area (Å²) in [5.74, 6) is -3.83. The lowest BCUT2D eigenvalue weighted by Crippen LogP contribution is -2.27. The summed E-state index contributed by atoms with van der Waals surface area (Å²) in [5.41, 5.74) is 5.49. The molecule has 1 atom stereocenters. The van der Waals surface area contributed by atoms with Crippen LogP contribution in [0.25, 0.3) is 0 Å². The van der Waals surface area contributed by atoms with E-state index in [1.54, 1.807) is 0 Å². The van der Waals surface area contributed by atoms with E-state index in [2.05, 4.69) is 4.74 Å². The van der Waals surface area contributed by atoms with Gasteiger partial charge in [0, 0.05) is 12.1 Å². The van der Waals surface area contributed by atoms with E-state index in [1.165, 1.54) is 7.11 Å². The first kappa shape index (κ1) is 17.4. The summed E-state index contributed by atoms with van der Waals surface area (Å²) in [6.45, 7) is 4.00. The third-order valence-corrected chi connectivity index (χ3v) is 2.23. The lowest BCUT2D eigenvalue weighted by Gasteiger charge is -2.11. The van der Waals surface area contributed by atoms with Gasteiger partial charge in [-0.05, 0) is 18.1 Å². The highest BCUT2D eigenvalue weighted by Crippen LogP contribution is 2.15. The van der Waals surface area contributed by atoms with Crippen molar-refractivity contribution in [3.8, 4) is 0 Å². The molecule has 19 heavy (non-hydrogen) atoms. The van der Waals surface area contributed by atoms with Gasteiger partial charge in [-0.1, -0.05) is 13.8 Å². The fourth-order valence-corrected chi connectivity index (χ4v) is 1.37. The number of benzene rings is 1. The molecule has 0 saturated heterocycles. The molecule has 0 fully saturated rings. The summed E-state index contributed by atoms with van der Waals surface area (Å²) < 4.78 is 43.1. The molecule has 0 aromatic heterocycles. The first-order valence-corrected chi connectivity index (χ1v) is 5.90. The van der Waals surface area contributed by atoms with Crippen LogP contribution in [0.1, 0.15) is 25.8 Å². The Labute approximate surface area is 110 Å². The van der Waals surface area contributed by atoms with Crippen molar-refractivity contribution in [2.45, 2.75) is 32.7 Å². The van der Waals surface area contributed by atoms with Crippen LogP contribution in [0.2, 0.25) is 0 Å². The monoisotopic (exact) mass is 277 g/mol. The van der Waals surface area contributed by atoms with Crippen LogP contribution in [0.15, 0.2) is 12.1 Å². The molecular formula is C13H18F3NO2. The second-order valence-electron chi connectivity index (χ2n) is 3.60. The van der Waals surface area contributed by atoms with Crippen LogP contribution in [0.3, 0.4) is 0 Å². The molecule has 1 unspecified atom stereocenters. The van der Waals surface area contributed by atoms with Gasteiger partial charge in [0.2, 0.25) is 0 Å². The molecule has 0 saturated carbocycles. The summed E-state index contributed by atoms with van der Waals surface area (Å²) >= 11 is 0. The second kappa shape index (κ2) is 8.53. The van der Waals surface area contributed by atoms with Gasteiger partial charge in [0.1, 0.15) is 5.82 Å². The molecule has 1 rings (SSSR count). The highest BCUT2D eigenvalue weighted by atomic mass is 19.2. The Kier molecular flexibility index (Phi) is 7.83. The van der Waals surface area contributed by atoms with Gasteiger partial charge in [-0.25, -0.2) is 13.2 Å². The highest BCUT2D eigenvalue weighted by molar-refractivity contribution is 5.69. The molecule has 0 amide bonds. The zero-order valence-corrected chi connectivity index (χ0v) is 11.2. The predicted molar refractivity (Wildman–Crippen MR) is 66.0 cm³/mol. The number of nitrogens with two attached hydrogens (primary N) is 1. The number of halogens is 3. The number of methoxy groups -OCH3 is 1. The van der Waals surface area contributed by atoms with Crippen molar-refractivity contribution in [3.63, 3.8) is 0 Å². The number of hydrogen-bond acceptors (Lipinski definition) is 3. The number of rotatable bonds is 4. The van der Waals surface area contributed by atoms with E-state index in [-0.39, 0.29) is 18.4 Å². The molecule has 0 aliphatic carbocycles. The molecule has 1 aromatic carbocycles. The fourth-order valence-electron chi connectivity index (χ4n) is 1.37. The Morgan fingerprint density at radius 1 is 1.21 bits per heavy atom. The Morgan fingerprint density at radius 3 is 2.26 bits per heavy atom. The van der Waals surface area contributed by atoms with E-state index in [4.69, 9.17) is 5.73 Å². The molecule has 0 heterocycles. The summed E-state index contributed by atoms with van der Waals surface area (Å²) in [6, 6.07) is 0.485. The number of hydrogen-bond donors (Lipinski definition) is 1. The van der Waals surface area contributed by atoms with Crippen LogP contribution in [-0.4, -0.2) is 19.1 Å². The van der Waals surface area contributed by atoms with Gasteiger partial charge in [-0.3, -0.25) is 4.79 Å². The Morgan fingerprint density at radius 2 is 1.74 bits per heavy atom. The Balaban J connectivity index is 0.00000154. The van der Waals surface area contributed by atoms with Crippen LogP contribution < -0.4 is 5.73 Å². The number of carbonyl (C=O) groups excluding carboxylic acids is 1. The van der Waals surface area contributed by atoms with Crippen molar-refractivity contribution < 1.29 is 22.7 Å². The van der Waals surface area contributed by atoms with Gasteiger partial charge in [0.05, 0.1) is 13.5 Å². The van der Waals surface area contributed by atoms with E-state index in [0.29, 0.717) is 6.07 Å². The minimum absolute atomic E-state index is 0.0692. The van der Waals surface area contributed by atoms with Crippen molar-refractivity contribution >= 4 is 5.97 Å². The van der Waals surface area contributed by atoms with Crippen LogP contribution in [0, 0.1) is 17.5 Å². The van der Waals surface area contributed by atoms with Crippen LogP contribution in [0.5, 0.6) is 0 Å². The average molecular weight is 277 g/mol. The zero-order valence-electron chi connectivity index (χ0n) is 11.2. The predicted octanol–water partition coefficient (Wildman–Crippen LogP) is 2.56. The van der Waals surface area contributed by atoms with E-state index in [0.717, 1.165) is 6.07 Å². The largest absolute Gasteiger partial charge is 0.469 e. The van der Waals surface area contributed by atoms with Gasteiger partial charge in [-0.15, -0.1) is 0 Å². The Hall–Kier alpha value is -1.56. The number of carbonyl (C=O) groups is 1. The van der Waals surface area contributed by atoms with E-state index < -0.39 is 29.5 Å². The van der Waals surface area contributed by atoms with Crippen molar-refractivity contribution in [2.24, 2.45) is 5.73 Å². The van der Waals surface area contributed by atoms with Crippen molar-refractivity contribution in [1.82, 2.24) is 0 Å². The average Bonchev–Trinajstić information content (AvgIpc) is 2.38. The van der Waals surface area contributed by atoms with Gasteiger partial charge in [0.25, 0.3) is 0 Å². The van der Waals surface area contributed by atoms with Crippen LogP contribution in [0.4, 0.5) is 13.2 Å². The van der Waals surface area contributed by atoms with Crippen molar-refractivity contribution in [1.29, 1.82) is 0 Å². The molecule has 1 aromatic rings. The normalized spacial score (nSPS) is 11.3. The molecule has 0 aliphatic heterocycles. The smallest absolute Gasteiger partial charge is 0.307 e. The lowest BCUT2D eigenvalue weighted by atomic mass is 10.0. The molecule has 0 spiro atoms. The first-order chi connectivity index (χ1) is 8.93. The quantitative estimate of drug-likeness (QED) is 0.679.